The number of esters is 1. The highest BCUT2D eigenvalue weighted by molar-refractivity contribution is 5.97. The molecule has 0 bridgehead atoms. The minimum absolute atomic E-state index is 0.0998. The Hall–Kier alpha value is -2.57. The standard InChI is InChI=1S/C14H19N3O4/c1-8(2)11(13(19)21-3)17-12(18)9-4-6-10(7-5-9)16-14(15)20/h4-8,11H,1-3H3,(H,17,18)(H3,15,16,20). The van der Waals surface area contributed by atoms with E-state index >= 15 is 0 Å². The minimum atomic E-state index is -0.717. The van der Waals surface area contributed by atoms with Crippen molar-refractivity contribution in [3.8, 4) is 0 Å². The van der Waals surface area contributed by atoms with Crippen molar-refractivity contribution in [1.29, 1.82) is 0 Å². The molecule has 0 aliphatic carbocycles. The highest BCUT2D eigenvalue weighted by Crippen LogP contribution is 2.11. The van der Waals surface area contributed by atoms with Crippen LogP contribution in [-0.2, 0) is 9.53 Å². The molecule has 7 heteroatoms. The van der Waals surface area contributed by atoms with Crippen molar-refractivity contribution in [3.63, 3.8) is 0 Å². The Bertz CT molecular complexity index is 526. The monoisotopic (exact) mass is 293 g/mol. The summed E-state index contributed by atoms with van der Waals surface area (Å²) in [7, 11) is 1.27. The fourth-order valence-electron chi connectivity index (χ4n) is 1.70. The number of hydrogen-bond acceptors (Lipinski definition) is 4. The second-order valence-electron chi connectivity index (χ2n) is 4.78. The van der Waals surface area contributed by atoms with Crippen LogP contribution in [0.25, 0.3) is 0 Å². The van der Waals surface area contributed by atoms with E-state index in [-0.39, 0.29) is 5.92 Å². The summed E-state index contributed by atoms with van der Waals surface area (Å²) in [5.74, 6) is -0.993. The van der Waals surface area contributed by atoms with Crippen molar-refractivity contribution in [2.24, 2.45) is 11.7 Å². The molecule has 0 spiro atoms. The first kappa shape index (κ1) is 16.5. The second-order valence-corrected chi connectivity index (χ2v) is 4.78. The molecule has 1 rings (SSSR count). The summed E-state index contributed by atoms with van der Waals surface area (Å²) in [6, 6.07) is 4.73. The average molecular weight is 293 g/mol. The number of rotatable bonds is 5. The highest BCUT2D eigenvalue weighted by Gasteiger charge is 2.25. The van der Waals surface area contributed by atoms with Crippen LogP contribution in [0.3, 0.4) is 0 Å². The van der Waals surface area contributed by atoms with Crippen molar-refractivity contribution >= 4 is 23.6 Å². The lowest BCUT2D eigenvalue weighted by atomic mass is 10.0. The first-order valence-corrected chi connectivity index (χ1v) is 6.40. The van der Waals surface area contributed by atoms with Gasteiger partial charge in [0.1, 0.15) is 6.04 Å². The molecular weight excluding hydrogens is 274 g/mol. The van der Waals surface area contributed by atoms with Gasteiger partial charge < -0.3 is 21.1 Å². The number of hydrogen-bond donors (Lipinski definition) is 3. The molecular formula is C14H19N3O4. The van der Waals surface area contributed by atoms with E-state index < -0.39 is 23.9 Å². The van der Waals surface area contributed by atoms with Crippen LogP contribution >= 0.6 is 0 Å². The first-order valence-electron chi connectivity index (χ1n) is 6.40. The molecule has 0 aliphatic rings. The number of urea groups is 1. The predicted molar refractivity (Wildman–Crippen MR) is 77.8 cm³/mol. The van der Waals surface area contributed by atoms with Crippen LogP contribution < -0.4 is 16.4 Å². The van der Waals surface area contributed by atoms with Crippen LogP contribution in [0.2, 0.25) is 0 Å². The van der Waals surface area contributed by atoms with Crippen LogP contribution in [0.15, 0.2) is 24.3 Å². The van der Waals surface area contributed by atoms with Crippen molar-refractivity contribution < 1.29 is 19.1 Å². The molecule has 3 amide bonds. The van der Waals surface area contributed by atoms with Crippen LogP contribution in [0, 0.1) is 5.92 Å². The summed E-state index contributed by atoms with van der Waals surface area (Å²) in [5, 5.41) is 5.01. The van der Waals surface area contributed by atoms with Gasteiger partial charge in [0.25, 0.3) is 5.91 Å². The lowest BCUT2D eigenvalue weighted by Crippen LogP contribution is -2.45. The van der Waals surface area contributed by atoms with Crippen molar-refractivity contribution in [1.82, 2.24) is 5.32 Å². The summed E-state index contributed by atoms with van der Waals surface area (Å²) < 4.78 is 4.66. The van der Waals surface area contributed by atoms with E-state index in [0.29, 0.717) is 11.3 Å². The van der Waals surface area contributed by atoms with E-state index in [1.807, 2.05) is 13.8 Å². The Labute approximate surface area is 122 Å². The molecule has 0 aromatic heterocycles. The van der Waals surface area contributed by atoms with E-state index in [4.69, 9.17) is 5.73 Å². The van der Waals surface area contributed by atoms with Gasteiger partial charge in [-0.25, -0.2) is 9.59 Å². The molecule has 21 heavy (non-hydrogen) atoms. The number of nitrogens with two attached hydrogens (primary N) is 1. The smallest absolute Gasteiger partial charge is 0.328 e. The number of nitrogens with one attached hydrogen (secondary N) is 2. The zero-order valence-electron chi connectivity index (χ0n) is 12.2. The zero-order chi connectivity index (χ0) is 16.0. The number of ether oxygens (including phenoxy) is 1. The minimum Gasteiger partial charge on any atom is -0.467 e. The SMILES string of the molecule is COC(=O)C(NC(=O)c1ccc(NC(N)=O)cc1)C(C)C. The van der Waals surface area contributed by atoms with Crippen molar-refractivity contribution in [3.05, 3.63) is 29.8 Å². The van der Waals surface area contributed by atoms with E-state index in [2.05, 4.69) is 15.4 Å². The summed E-state index contributed by atoms with van der Waals surface area (Å²) in [6.45, 7) is 3.61. The van der Waals surface area contributed by atoms with Crippen LogP contribution in [0.1, 0.15) is 24.2 Å². The van der Waals surface area contributed by atoms with Gasteiger partial charge in [0.05, 0.1) is 7.11 Å². The Morgan fingerprint density at radius 3 is 2.14 bits per heavy atom. The molecule has 0 saturated heterocycles. The number of carbonyl (C=O) groups excluding carboxylic acids is 3. The maximum Gasteiger partial charge on any atom is 0.328 e. The fraction of sp³-hybridized carbons (Fsp3) is 0.357. The van der Waals surface area contributed by atoms with Gasteiger partial charge in [0.15, 0.2) is 0 Å². The summed E-state index contributed by atoms with van der Waals surface area (Å²) in [6.07, 6.45) is 0. The van der Waals surface area contributed by atoms with Crippen molar-refractivity contribution in [2.75, 3.05) is 12.4 Å². The normalized spacial score (nSPS) is 11.6. The first-order chi connectivity index (χ1) is 9.85. The largest absolute Gasteiger partial charge is 0.467 e. The molecule has 7 nitrogen and oxygen atoms in total. The molecule has 1 aromatic rings. The predicted octanol–water partition coefficient (Wildman–Crippen LogP) is 1.10. The molecule has 1 atom stereocenters. The van der Waals surface area contributed by atoms with Gasteiger partial charge in [-0.05, 0) is 30.2 Å². The quantitative estimate of drug-likeness (QED) is 0.706. The molecule has 0 saturated carbocycles. The number of methoxy groups -OCH3 is 1. The maximum atomic E-state index is 12.1. The number of amides is 3. The maximum absolute atomic E-state index is 12.1. The van der Waals surface area contributed by atoms with Gasteiger partial charge in [-0.15, -0.1) is 0 Å². The summed E-state index contributed by atoms with van der Waals surface area (Å²) in [5.41, 5.74) is 5.83. The third-order valence-corrected chi connectivity index (χ3v) is 2.82. The van der Waals surface area contributed by atoms with E-state index in [1.165, 1.54) is 19.2 Å². The fourth-order valence-corrected chi connectivity index (χ4v) is 1.70. The average Bonchev–Trinajstić information content (AvgIpc) is 2.43. The molecule has 1 unspecified atom stereocenters. The molecule has 0 fully saturated rings. The third-order valence-electron chi connectivity index (χ3n) is 2.82. The molecule has 1 aromatic carbocycles. The molecule has 0 heterocycles. The number of anilines is 1. The number of carbonyl (C=O) groups is 3. The van der Waals surface area contributed by atoms with E-state index in [9.17, 15) is 14.4 Å². The molecule has 114 valence electrons. The van der Waals surface area contributed by atoms with Crippen LogP contribution in [-0.4, -0.2) is 31.1 Å². The van der Waals surface area contributed by atoms with Gasteiger partial charge in [0, 0.05) is 11.3 Å². The van der Waals surface area contributed by atoms with E-state index in [1.54, 1.807) is 12.1 Å². The lowest BCUT2D eigenvalue weighted by Gasteiger charge is -2.19. The van der Waals surface area contributed by atoms with Gasteiger partial charge in [-0.2, -0.15) is 0 Å². The zero-order valence-corrected chi connectivity index (χ0v) is 12.2. The number of primary amides is 1. The Morgan fingerprint density at radius 2 is 1.71 bits per heavy atom. The van der Waals surface area contributed by atoms with Gasteiger partial charge in [-0.1, -0.05) is 13.8 Å². The Morgan fingerprint density at radius 1 is 1.14 bits per heavy atom. The lowest BCUT2D eigenvalue weighted by molar-refractivity contribution is -0.144. The van der Waals surface area contributed by atoms with Crippen LogP contribution in [0.4, 0.5) is 10.5 Å². The van der Waals surface area contributed by atoms with Gasteiger partial charge in [-0.3, -0.25) is 4.79 Å². The highest BCUT2D eigenvalue weighted by atomic mass is 16.5. The summed E-state index contributed by atoms with van der Waals surface area (Å²) >= 11 is 0. The Balaban J connectivity index is 2.78. The van der Waals surface area contributed by atoms with Gasteiger partial charge >= 0.3 is 12.0 Å². The van der Waals surface area contributed by atoms with Crippen LogP contribution in [0.5, 0.6) is 0 Å². The topological polar surface area (TPSA) is 111 Å². The third kappa shape index (κ3) is 4.79. The van der Waals surface area contributed by atoms with Gasteiger partial charge in [0.2, 0.25) is 0 Å². The number of benzene rings is 1. The molecule has 0 aliphatic heterocycles. The second kappa shape index (κ2) is 7.28. The molecule has 4 N–H and O–H groups in total. The van der Waals surface area contributed by atoms with E-state index in [0.717, 1.165) is 0 Å². The Kier molecular flexibility index (Phi) is 5.71. The molecule has 0 radical (unpaired) electrons. The van der Waals surface area contributed by atoms with Crippen molar-refractivity contribution in [2.45, 2.75) is 19.9 Å². The summed E-state index contributed by atoms with van der Waals surface area (Å²) in [4.78, 5) is 34.4.